The van der Waals surface area contributed by atoms with Gasteiger partial charge in [-0.05, 0) is 33.7 Å². The molecule has 1 amide bonds. The molecule has 5 nitrogen and oxygen atoms in total. The number of Topliss-reactive ketones (excluding diaryl/α,β-unsaturated/α-hetero) is 1. The van der Waals surface area contributed by atoms with Crippen LogP contribution in [0.25, 0.3) is 16.5 Å². The lowest BCUT2D eigenvalue weighted by atomic mass is 9.85. The van der Waals surface area contributed by atoms with Crippen molar-refractivity contribution in [3.05, 3.63) is 89.0 Å². The Bertz CT molecular complexity index is 1250. The molecule has 1 N–H and O–H groups in total. The molecule has 1 saturated heterocycles. The molecule has 0 radical (unpaired) electrons. The van der Waals surface area contributed by atoms with Crippen LogP contribution >= 0.6 is 0 Å². The van der Waals surface area contributed by atoms with Gasteiger partial charge in [-0.2, -0.15) is 0 Å². The summed E-state index contributed by atoms with van der Waals surface area (Å²) in [6.07, 6.45) is 0.592. The molecule has 34 heavy (non-hydrogen) atoms. The maximum absolute atomic E-state index is 13.3. The number of amides is 1. The van der Waals surface area contributed by atoms with Crippen LogP contribution in [0, 0.1) is 0 Å². The van der Waals surface area contributed by atoms with Crippen LogP contribution in [0.1, 0.15) is 49.9 Å². The molecule has 1 unspecified atom stereocenters. The molecule has 1 fully saturated rings. The van der Waals surface area contributed by atoms with Crippen LogP contribution in [-0.4, -0.2) is 42.0 Å². The highest BCUT2D eigenvalue weighted by atomic mass is 16.5. The Labute approximate surface area is 200 Å². The van der Waals surface area contributed by atoms with Gasteiger partial charge in [-0.1, -0.05) is 87.5 Å². The van der Waals surface area contributed by atoms with Gasteiger partial charge in [0.15, 0.2) is 0 Å². The Kier molecular flexibility index (Phi) is 6.58. The van der Waals surface area contributed by atoms with E-state index in [0.717, 1.165) is 21.9 Å². The lowest BCUT2D eigenvalue weighted by molar-refractivity contribution is -0.140. The number of fused-ring (bicyclic) bond motifs is 1. The number of aliphatic hydroxyl groups is 1. The minimum atomic E-state index is -0.662. The zero-order valence-corrected chi connectivity index (χ0v) is 20.2. The van der Waals surface area contributed by atoms with Gasteiger partial charge in [0, 0.05) is 25.8 Å². The third-order valence-corrected chi connectivity index (χ3v) is 6.42. The van der Waals surface area contributed by atoms with E-state index >= 15 is 0 Å². The predicted octanol–water partition coefficient (Wildman–Crippen LogP) is 5.60. The van der Waals surface area contributed by atoms with E-state index in [9.17, 15) is 14.7 Å². The number of aliphatic hydroxyl groups excluding tert-OH is 1. The fourth-order valence-electron chi connectivity index (χ4n) is 4.58. The van der Waals surface area contributed by atoms with Gasteiger partial charge in [0.1, 0.15) is 5.76 Å². The molecule has 0 aliphatic carbocycles. The van der Waals surface area contributed by atoms with Crippen LogP contribution in [0.15, 0.2) is 72.3 Å². The molecule has 3 aromatic carbocycles. The molecule has 0 bridgehead atoms. The summed E-state index contributed by atoms with van der Waals surface area (Å²) in [5.41, 5.74) is 2.60. The van der Waals surface area contributed by atoms with Crippen molar-refractivity contribution >= 4 is 28.2 Å². The number of carbonyl (C=O) groups is 2. The van der Waals surface area contributed by atoms with Gasteiger partial charge in [0.05, 0.1) is 11.6 Å². The topological polar surface area (TPSA) is 66.8 Å². The largest absolute Gasteiger partial charge is 0.507 e. The minimum Gasteiger partial charge on any atom is -0.507 e. The second-order valence-electron chi connectivity index (χ2n) is 9.74. The van der Waals surface area contributed by atoms with Gasteiger partial charge >= 0.3 is 0 Å². The molecule has 1 aliphatic rings. The van der Waals surface area contributed by atoms with Crippen molar-refractivity contribution in [2.75, 3.05) is 20.3 Å². The molecule has 1 aliphatic heterocycles. The minimum absolute atomic E-state index is 0.0260. The number of ether oxygens (including phenoxy) is 1. The van der Waals surface area contributed by atoms with Crippen LogP contribution in [0.5, 0.6) is 0 Å². The molecule has 0 aromatic heterocycles. The van der Waals surface area contributed by atoms with E-state index in [2.05, 4.69) is 20.8 Å². The van der Waals surface area contributed by atoms with E-state index in [1.807, 2.05) is 60.7 Å². The maximum Gasteiger partial charge on any atom is 0.295 e. The van der Waals surface area contributed by atoms with E-state index in [4.69, 9.17) is 4.74 Å². The van der Waals surface area contributed by atoms with Gasteiger partial charge in [0.2, 0.25) is 0 Å². The number of ketones is 1. The first-order chi connectivity index (χ1) is 16.2. The molecule has 0 saturated carbocycles. The number of benzene rings is 3. The molecular formula is C29H31NO4. The molecule has 4 rings (SSSR count). The number of nitrogens with zero attached hydrogens (tertiary/aromatic N) is 1. The SMILES string of the molecule is COCCCN1C(=O)C(=O)/C(=C(\O)c2cccc3ccccc23)C1c1ccc(C(C)(C)C)cc1. The van der Waals surface area contributed by atoms with Gasteiger partial charge in [0.25, 0.3) is 11.7 Å². The van der Waals surface area contributed by atoms with Crippen molar-refractivity contribution in [3.63, 3.8) is 0 Å². The second-order valence-corrected chi connectivity index (χ2v) is 9.74. The van der Waals surface area contributed by atoms with Crippen molar-refractivity contribution in [1.82, 2.24) is 4.90 Å². The first-order valence-electron chi connectivity index (χ1n) is 11.6. The molecule has 1 atom stereocenters. The fraction of sp³-hybridized carbons (Fsp3) is 0.310. The molecule has 1 heterocycles. The van der Waals surface area contributed by atoms with Crippen LogP contribution in [0.2, 0.25) is 0 Å². The summed E-state index contributed by atoms with van der Waals surface area (Å²) < 4.78 is 5.17. The first-order valence-corrected chi connectivity index (χ1v) is 11.6. The average Bonchev–Trinajstić information content (AvgIpc) is 3.08. The molecule has 0 spiro atoms. The van der Waals surface area contributed by atoms with Crippen molar-refractivity contribution in [1.29, 1.82) is 0 Å². The number of carbonyl (C=O) groups excluding carboxylic acids is 2. The zero-order chi connectivity index (χ0) is 24.5. The van der Waals surface area contributed by atoms with Gasteiger partial charge in [-0.15, -0.1) is 0 Å². The van der Waals surface area contributed by atoms with Crippen molar-refractivity contribution in [3.8, 4) is 0 Å². The number of hydrogen-bond donors (Lipinski definition) is 1. The van der Waals surface area contributed by atoms with E-state index in [0.29, 0.717) is 25.1 Å². The summed E-state index contributed by atoms with van der Waals surface area (Å²) >= 11 is 0. The van der Waals surface area contributed by atoms with Crippen LogP contribution in [-0.2, 0) is 19.7 Å². The summed E-state index contributed by atoms with van der Waals surface area (Å²) in [5.74, 6) is -1.40. The third-order valence-electron chi connectivity index (χ3n) is 6.42. The highest BCUT2D eigenvalue weighted by molar-refractivity contribution is 6.46. The standard InChI is InChI=1S/C29H31NO4/c1-29(2,3)21-15-13-20(14-16-21)25-24(27(32)28(33)30(25)17-8-18-34-4)26(31)23-12-7-10-19-9-5-6-11-22(19)23/h5-7,9-16,25,31H,8,17-18H2,1-4H3/b26-24-. The summed E-state index contributed by atoms with van der Waals surface area (Å²) in [4.78, 5) is 27.9. The number of likely N-dealkylation sites (tertiary alicyclic amines) is 1. The van der Waals surface area contributed by atoms with Crippen LogP contribution < -0.4 is 0 Å². The first kappa shape index (κ1) is 23.7. The highest BCUT2D eigenvalue weighted by Gasteiger charge is 2.46. The van der Waals surface area contributed by atoms with E-state index in [-0.39, 0.29) is 16.7 Å². The second kappa shape index (κ2) is 9.43. The Hall–Kier alpha value is -3.44. The molecular weight excluding hydrogens is 426 g/mol. The fourth-order valence-corrected chi connectivity index (χ4v) is 4.58. The zero-order valence-electron chi connectivity index (χ0n) is 20.2. The smallest absolute Gasteiger partial charge is 0.295 e. The summed E-state index contributed by atoms with van der Waals surface area (Å²) in [6.45, 7) is 7.25. The summed E-state index contributed by atoms with van der Waals surface area (Å²) in [7, 11) is 1.61. The highest BCUT2D eigenvalue weighted by Crippen LogP contribution is 2.41. The monoisotopic (exact) mass is 457 g/mol. The lowest BCUT2D eigenvalue weighted by Crippen LogP contribution is -2.31. The maximum atomic E-state index is 13.3. The van der Waals surface area contributed by atoms with E-state index in [1.165, 1.54) is 0 Å². The van der Waals surface area contributed by atoms with Crippen molar-refractivity contribution in [2.45, 2.75) is 38.6 Å². The van der Waals surface area contributed by atoms with E-state index in [1.54, 1.807) is 18.1 Å². The molecule has 176 valence electrons. The third kappa shape index (κ3) is 4.36. The van der Waals surface area contributed by atoms with Crippen molar-refractivity contribution < 1.29 is 19.4 Å². The van der Waals surface area contributed by atoms with Crippen LogP contribution in [0.3, 0.4) is 0 Å². The molecule has 5 heteroatoms. The number of rotatable bonds is 6. The van der Waals surface area contributed by atoms with E-state index < -0.39 is 17.7 Å². The average molecular weight is 458 g/mol. The molecule has 3 aromatic rings. The normalized spacial score (nSPS) is 18.1. The number of methoxy groups -OCH3 is 1. The summed E-state index contributed by atoms with van der Waals surface area (Å²) in [5, 5.41) is 13.2. The van der Waals surface area contributed by atoms with Crippen molar-refractivity contribution in [2.24, 2.45) is 0 Å². The van der Waals surface area contributed by atoms with Gasteiger partial charge < -0.3 is 14.7 Å². The quantitative estimate of drug-likeness (QED) is 0.227. The Morgan fingerprint density at radius 2 is 1.65 bits per heavy atom. The Morgan fingerprint density at radius 1 is 0.971 bits per heavy atom. The van der Waals surface area contributed by atoms with Crippen LogP contribution in [0.4, 0.5) is 0 Å². The van der Waals surface area contributed by atoms with Gasteiger partial charge in [-0.3, -0.25) is 9.59 Å². The number of hydrogen-bond acceptors (Lipinski definition) is 4. The lowest BCUT2D eigenvalue weighted by Gasteiger charge is -2.26. The Balaban J connectivity index is 1.88. The van der Waals surface area contributed by atoms with Gasteiger partial charge in [-0.25, -0.2) is 0 Å². The summed E-state index contributed by atoms with van der Waals surface area (Å²) in [6, 6.07) is 20.6. The predicted molar refractivity (Wildman–Crippen MR) is 135 cm³/mol. The Morgan fingerprint density at radius 3 is 2.32 bits per heavy atom.